The van der Waals surface area contributed by atoms with Gasteiger partial charge >= 0.3 is 0 Å². The van der Waals surface area contributed by atoms with Gasteiger partial charge in [0.25, 0.3) is 10.0 Å². The molecule has 0 saturated carbocycles. The number of rotatable bonds is 12. The van der Waals surface area contributed by atoms with Crippen molar-refractivity contribution in [3.8, 4) is 23.6 Å². The first-order valence-corrected chi connectivity index (χ1v) is 24.1. The van der Waals surface area contributed by atoms with Crippen molar-refractivity contribution in [1.82, 2.24) is 8.61 Å². The fourth-order valence-electron chi connectivity index (χ4n) is 8.01. The zero-order chi connectivity index (χ0) is 48.9. The Morgan fingerprint density at radius 3 is 1.44 bits per heavy atom. The van der Waals surface area contributed by atoms with Crippen molar-refractivity contribution in [2.45, 2.75) is 33.8 Å². The van der Waals surface area contributed by atoms with Crippen LogP contribution < -0.4 is 20.9 Å². The summed E-state index contributed by atoms with van der Waals surface area (Å²) in [6.45, 7) is 0. The Hall–Kier alpha value is -7.44. The zero-order valence-electron chi connectivity index (χ0n) is 36.1. The lowest BCUT2D eigenvalue weighted by molar-refractivity contribution is 0.0906. The summed E-state index contributed by atoms with van der Waals surface area (Å²) in [5.41, 5.74) is 14.1. The van der Waals surface area contributed by atoms with E-state index >= 15 is 0 Å². The fourth-order valence-corrected chi connectivity index (χ4v) is 11.6. The Kier molecular flexibility index (Phi) is 14.4. The predicted molar refractivity (Wildman–Crippen MR) is 255 cm³/mol. The monoisotopic (exact) mass is 986 g/mol. The summed E-state index contributed by atoms with van der Waals surface area (Å²) in [7, 11) is -5.58. The molecule has 68 heavy (non-hydrogen) atoms. The fraction of sp³-hybridized carbons (Fsp3) is 0.120. The molecule has 0 aromatic heterocycles. The third kappa shape index (κ3) is 9.28. The van der Waals surface area contributed by atoms with Gasteiger partial charge in [0.1, 0.15) is 29.4 Å². The summed E-state index contributed by atoms with van der Waals surface area (Å²) >= 11 is 11.9. The highest BCUT2D eigenvalue weighted by atomic mass is 35.5. The molecule has 2 aliphatic heterocycles. The second-order valence-corrected chi connectivity index (χ2v) is 19.7. The van der Waals surface area contributed by atoms with E-state index in [0.717, 1.165) is 8.61 Å². The van der Waals surface area contributed by atoms with Gasteiger partial charge in [-0.1, -0.05) is 108 Å². The molecule has 0 amide bonds. The number of ether oxygens (including phenoxy) is 2. The van der Waals surface area contributed by atoms with Crippen LogP contribution in [0.5, 0.6) is 11.5 Å². The lowest BCUT2D eigenvalue weighted by Gasteiger charge is -2.30. The lowest BCUT2D eigenvalue weighted by Crippen LogP contribution is -2.45. The Bertz CT molecular complexity index is 3240. The van der Waals surface area contributed by atoms with Crippen LogP contribution in [0.4, 0.5) is 0 Å². The van der Waals surface area contributed by atoms with Crippen molar-refractivity contribution in [1.29, 1.82) is 10.5 Å². The molecule has 2 heterocycles. The minimum Gasteiger partial charge on any atom is -0.497 e. The van der Waals surface area contributed by atoms with Crippen LogP contribution in [0.3, 0.4) is 0 Å². The number of methoxy groups -OCH3 is 2. The maximum absolute atomic E-state index is 13.9. The largest absolute Gasteiger partial charge is 0.497 e. The van der Waals surface area contributed by atoms with E-state index < -0.39 is 55.7 Å². The molecule has 2 aliphatic rings. The quantitative estimate of drug-likeness (QED) is 0.111. The van der Waals surface area contributed by atoms with E-state index in [4.69, 9.17) is 44.1 Å². The van der Waals surface area contributed by atoms with Gasteiger partial charge in [0, 0.05) is 21.2 Å². The van der Waals surface area contributed by atoms with Gasteiger partial charge in [-0.25, -0.2) is 21.1 Å². The average Bonchev–Trinajstić information content (AvgIpc) is 3.85. The van der Waals surface area contributed by atoms with Gasteiger partial charge in [-0.15, -0.1) is 0 Å². The Balaban J connectivity index is 0.000000201. The van der Waals surface area contributed by atoms with Gasteiger partial charge in [-0.3, -0.25) is 9.59 Å². The normalized spacial score (nSPS) is 18.2. The van der Waals surface area contributed by atoms with E-state index in [0.29, 0.717) is 38.2 Å². The first-order valence-electron chi connectivity index (χ1n) is 20.4. The van der Waals surface area contributed by atoms with Crippen molar-refractivity contribution in [2.75, 3.05) is 14.2 Å². The molecular weight excluding hydrogens is 948 g/mol. The van der Waals surface area contributed by atoms with E-state index in [1.807, 2.05) is 12.1 Å². The molecule has 0 fully saturated rings. The lowest BCUT2D eigenvalue weighted by atomic mass is 9.84. The number of hydrogen-bond acceptors (Lipinski definition) is 12. The van der Waals surface area contributed by atoms with Crippen LogP contribution in [0, 0.1) is 22.7 Å². The van der Waals surface area contributed by atoms with E-state index in [1.165, 1.54) is 62.8 Å². The van der Waals surface area contributed by atoms with E-state index in [1.54, 1.807) is 109 Å². The maximum Gasteiger partial charge on any atom is 0.266 e. The summed E-state index contributed by atoms with van der Waals surface area (Å²) in [5.74, 6) is -1.07. The molecule has 0 radical (unpaired) electrons. The molecule has 0 spiro atoms. The van der Waals surface area contributed by atoms with Crippen molar-refractivity contribution >= 4 is 54.8 Å². The van der Waals surface area contributed by atoms with E-state index in [2.05, 4.69) is 0 Å². The van der Waals surface area contributed by atoms with Gasteiger partial charge in [0.05, 0.1) is 65.0 Å². The number of sulfonamides is 2. The smallest absolute Gasteiger partial charge is 0.266 e. The molecule has 14 nitrogen and oxygen atoms in total. The molecule has 0 aliphatic carbocycles. The number of carbonyl (C=O) groups is 2. The van der Waals surface area contributed by atoms with Crippen molar-refractivity contribution in [3.05, 3.63) is 213 Å². The highest BCUT2D eigenvalue weighted by molar-refractivity contribution is 7.89. The number of Topliss-reactive ketones (excluding diaryl/α,β-unsaturated/α-hetero) is 2. The molecular formula is C50H40Cl2N6O8S2. The van der Waals surface area contributed by atoms with Crippen LogP contribution in [-0.4, -0.2) is 63.3 Å². The topological polar surface area (TPSA) is 227 Å². The summed E-state index contributed by atoms with van der Waals surface area (Å²) in [6, 6.07) is 41.3. The molecule has 0 bridgehead atoms. The predicted octanol–water partition coefficient (Wildman–Crippen LogP) is 8.16. The van der Waals surface area contributed by atoms with Gasteiger partial charge in [0.2, 0.25) is 10.0 Å². The van der Waals surface area contributed by atoms with Gasteiger partial charge in [-0.2, -0.15) is 14.8 Å². The molecule has 4 unspecified atom stereocenters. The van der Waals surface area contributed by atoms with Crippen LogP contribution >= 0.6 is 23.2 Å². The summed E-state index contributed by atoms with van der Waals surface area (Å²) in [4.78, 5) is 27.2. The number of carbonyl (C=O) groups excluding carboxylic acids is 2. The molecule has 6 aromatic carbocycles. The SMILES string of the molecule is COc1ccc(C2C(C#N)=C(N)C(C(=O)c3ccccc3)N2S(=O)(=O)c2ccc(Cl)cc2)cc1.COc1ccc(C2C(C#N)=C(N)N(S(=O)(=O)c3ccc(Cl)cc3)C2C(=O)c2ccccc2)cc1. The summed E-state index contributed by atoms with van der Waals surface area (Å²) in [5, 5.41) is 20.7. The Labute approximate surface area is 403 Å². The highest BCUT2D eigenvalue weighted by Gasteiger charge is 2.52. The zero-order valence-corrected chi connectivity index (χ0v) is 39.2. The highest BCUT2D eigenvalue weighted by Crippen LogP contribution is 2.46. The van der Waals surface area contributed by atoms with Gasteiger partial charge in [-0.05, 0) is 83.9 Å². The standard InChI is InChI=1S/2C25H20ClN3O4S/c1-33-19-11-7-16(8-12-19)23-21(15-27)22(28)24(25(30)17-5-3-2-4-6-17)29(23)34(31,32)20-13-9-18(26)10-14-20;1-33-19-11-7-16(8-12-19)22-21(15-27)25(28)29(23(22)24(30)17-5-3-2-4-6-17)34(31,32)20-13-9-18(26)10-14-20/h2-14,23-24H,28H2,1H3;2-14,22-23H,28H2,1H3. The van der Waals surface area contributed by atoms with Crippen LogP contribution in [-0.2, 0) is 20.0 Å². The minimum absolute atomic E-state index is 0.00279. The molecule has 4 atom stereocenters. The molecule has 0 saturated heterocycles. The van der Waals surface area contributed by atoms with E-state index in [-0.39, 0.29) is 38.0 Å². The number of benzene rings is 6. The molecule has 8 rings (SSSR count). The first kappa shape index (κ1) is 48.5. The average molecular weight is 988 g/mol. The number of nitrogens with zero attached hydrogens (tertiary/aromatic N) is 4. The van der Waals surface area contributed by atoms with Gasteiger partial charge in [0.15, 0.2) is 11.6 Å². The van der Waals surface area contributed by atoms with Gasteiger partial charge < -0.3 is 20.9 Å². The summed E-state index contributed by atoms with van der Waals surface area (Å²) in [6.07, 6.45) is 0. The second kappa shape index (κ2) is 20.2. The number of ketones is 2. The second-order valence-electron chi connectivity index (χ2n) is 15.2. The molecule has 4 N–H and O–H groups in total. The van der Waals surface area contributed by atoms with Crippen LogP contribution in [0.15, 0.2) is 190 Å². The third-order valence-corrected chi connectivity index (χ3v) is 15.5. The first-order chi connectivity index (χ1) is 32.6. The van der Waals surface area contributed by atoms with Crippen LogP contribution in [0.25, 0.3) is 0 Å². The number of nitrogens with two attached hydrogens (primary N) is 2. The molecule has 18 heteroatoms. The Morgan fingerprint density at radius 2 is 1.00 bits per heavy atom. The number of halogens is 2. The van der Waals surface area contributed by atoms with Crippen molar-refractivity contribution in [3.63, 3.8) is 0 Å². The Morgan fingerprint density at radius 1 is 0.574 bits per heavy atom. The van der Waals surface area contributed by atoms with Crippen LogP contribution in [0.2, 0.25) is 10.0 Å². The molecule has 6 aromatic rings. The van der Waals surface area contributed by atoms with Crippen molar-refractivity contribution < 1.29 is 35.9 Å². The molecule has 344 valence electrons. The number of nitriles is 2. The van der Waals surface area contributed by atoms with Crippen LogP contribution in [0.1, 0.15) is 43.8 Å². The minimum atomic E-state index is -4.31. The van der Waals surface area contributed by atoms with E-state index in [9.17, 15) is 36.9 Å². The van der Waals surface area contributed by atoms with Crippen molar-refractivity contribution in [2.24, 2.45) is 11.5 Å². The number of hydrogen-bond donors (Lipinski definition) is 2. The summed E-state index contributed by atoms with van der Waals surface area (Å²) < 4.78 is 67.6. The maximum atomic E-state index is 13.9. The third-order valence-electron chi connectivity index (χ3n) is 11.3.